The number of hydrogen-bond donors (Lipinski definition) is 5. The van der Waals surface area contributed by atoms with Crippen LogP contribution in [-0.4, -0.2) is 145 Å². The predicted molar refractivity (Wildman–Crippen MR) is 259 cm³/mol. The minimum absolute atomic E-state index is 0.0107. The maximum Gasteiger partial charge on any atom is 0.329 e. The number of β-amino-alcohol motifs (C(OH)–C–C–N with tert-alkyl or cyclic N) is 1. The van der Waals surface area contributed by atoms with Gasteiger partial charge in [-0.25, -0.2) is 14.8 Å². The van der Waals surface area contributed by atoms with Crippen molar-refractivity contribution in [2.45, 2.75) is 110 Å². The number of aryl methyl sites for hydroxylation is 1. The average Bonchev–Trinajstić information content (AvgIpc) is 3.93. The van der Waals surface area contributed by atoms with E-state index in [1.165, 1.54) is 11.9 Å². The molecule has 0 radical (unpaired) electrons. The van der Waals surface area contributed by atoms with Gasteiger partial charge in [0.15, 0.2) is 23.1 Å². The number of amides is 4. The number of esters is 1. The van der Waals surface area contributed by atoms with Crippen LogP contribution in [-0.2, 0) is 31.0 Å². The van der Waals surface area contributed by atoms with Crippen LogP contribution < -0.4 is 30.9 Å². The standard InChI is InChI=1S/C48H67N13O8/c1-47(2,3)42(45(66)61-28-31(62)25-35(61)46(67)69-48(4,5)6)54-38(63)17-12-10-11-13-18-39(64)60-23-21-59(22-24-60)30-19-20-36(50-27-30)53-37-26-34(40(56-55-37)44(65)49-7)52-33-16-14-15-32(41(33)68-9)43-51-29-58(8)57-43/h14-16,19-20,26-27,29,31,35,42,62H,10-13,17-18,21-25,28H2,1-9H3,(H,49,65)(H,54,63)(H2,50,52,53,55)/t31-,35+,42-/m1/s1. The Bertz CT molecular complexity index is 2440. The number of nitrogens with zero attached hydrogens (tertiary/aromatic N) is 9. The molecule has 3 aromatic heterocycles. The molecule has 0 spiro atoms. The number of piperazine rings is 1. The zero-order valence-electron chi connectivity index (χ0n) is 41.2. The number of carbonyl (C=O) groups is 5. The summed E-state index contributed by atoms with van der Waals surface area (Å²) >= 11 is 0. The lowest BCUT2D eigenvalue weighted by Crippen LogP contribution is -2.57. The van der Waals surface area contributed by atoms with Crippen LogP contribution in [0.1, 0.15) is 97.0 Å². The van der Waals surface area contributed by atoms with Crippen LogP contribution in [0.25, 0.3) is 11.4 Å². The molecule has 4 amide bonds. The van der Waals surface area contributed by atoms with E-state index < -0.39 is 47.0 Å². The maximum absolute atomic E-state index is 13.8. The van der Waals surface area contributed by atoms with Gasteiger partial charge in [-0.3, -0.25) is 23.9 Å². The normalized spacial score (nSPS) is 16.7. The van der Waals surface area contributed by atoms with Crippen LogP contribution in [0.3, 0.4) is 0 Å². The Hall–Kier alpha value is -6.90. The molecule has 5 heterocycles. The first-order chi connectivity index (χ1) is 32.7. The molecule has 69 heavy (non-hydrogen) atoms. The number of aliphatic hydroxyl groups is 1. The van der Waals surface area contributed by atoms with Crippen LogP contribution in [0.15, 0.2) is 48.9 Å². The number of para-hydroxylation sites is 1. The second kappa shape index (κ2) is 22.5. The Labute approximate surface area is 403 Å². The summed E-state index contributed by atoms with van der Waals surface area (Å²) in [7, 11) is 4.84. The Morgan fingerprint density at radius 1 is 0.870 bits per heavy atom. The lowest BCUT2D eigenvalue weighted by molar-refractivity contribution is -0.164. The van der Waals surface area contributed by atoms with E-state index in [0.717, 1.165) is 18.5 Å². The topological polar surface area (TPSA) is 251 Å². The second-order valence-corrected chi connectivity index (χ2v) is 19.4. The lowest BCUT2D eigenvalue weighted by atomic mass is 9.85. The number of pyridine rings is 1. The molecular formula is C48H67N13O8. The molecule has 1 aromatic carbocycles. The van der Waals surface area contributed by atoms with Crippen molar-refractivity contribution in [3.8, 4) is 17.1 Å². The van der Waals surface area contributed by atoms with Crippen molar-refractivity contribution >= 4 is 58.3 Å². The number of aromatic nitrogens is 6. The zero-order chi connectivity index (χ0) is 50.0. The van der Waals surface area contributed by atoms with E-state index >= 15 is 0 Å². The number of benzene rings is 1. The predicted octanol–water partition coefficient (Wildman–Crippen LogP) is 4.35. The van der Waals surface area contributed by atoms with Gasteiger partial charge in [-0.05, 0) is 63.3 Å². The minimum atomic E-state index is -0.927. The van der Waals surface area contributed by atoms with E-state index in [4.69, 9.17) is 9.47 Å². The SMILES string of the molecule is CNC(=O)c1nnc(Nc2ccc(N3CCN(C(=O)CCCCCCC(=O)N[C@H](C(=O)N4C[C@H](O)C[C@H]4C(=O)OC(C)(C)C)C(C)(C)C)CC3)cn2)cc1Nc1cccc(-c2ncn(C)n2)c1OC. The molecule has 21 nitrogen and oxygen atoms in total. The van der Waals surface area contributed by atoms with Crippen LogP contribution in [0.2, 0.25) is 0 Å². The van der Waals surface area contributed by atoms with Crippen molar-refractivity contribution in [1.29, 1.82) is 0 Å². The summed E-state index contributed by atoms with van der Waals surface area (Å²) < 4.78 is 12.9. The summed E-state index contributed by atoms with van der Waals surface area (Å²) in [6.07, 6.45) is 6.04. The molecule has 21 heteroatoms. The third-order valence-electron chi connectivity index (χ3n) is 11.8. The fourth-order valence-corrected chi connectivity index (χ4v) is 8.24. The van der Waals surface area contributed by atoms with Gasteiger partial charge in [-0.15, -0.1) is 10.2 Å². The van der Waals surface area contributed by atoms with Crippen molar-refractivity contribution < 1.29 is 38.6 Å². The fraction of sp³-hybridized carbons (Fsp3) is 0.542. The number of nitrogens with one attached hydrogen (secondary N) is 4. The molecule has 2 saturated heterocycles. The highest BCUT2D eigenvalue weighted by atomic mass is 16.6. The van der Waals surface area contributed by atoms with E-state index in [2.05, 4.69) is 51.4 Å². The third-order valence-corrected chi connectivity index (χ3v) is 11.8. The maximum atomic E-state index is 13.8. The Morgan fingerprint density at radius 2 is 1.59 bits per heavy atom. The molecule has 0 unspecified atom stereocenters. The summed E-state index contributed by atoms with van der Waals surface area (Å²) in [6, 6.07) is 9.10. The number of hydrogen-bond acceptors (Lipinski definition) is 16. The molecule has 0 saturated carbocycles. The van der Waals surface area contributed by atoms with E-state index in [9.17, 15) is 29.1 Å². The van der Waals surface area contributed by atoms with E-state index in [1.54, 1.807) is 58.2 Å². The molecule has 5 N–H and O–H groups in total. The number of ether oxygens (including phenoxy) is 2. The summed E-state index contributed by atoms with van der Waals surface area (Å²) in [4.78, 5) is 80.1. The van der Waals surface area contributed by atoms with Gasteiger partial charge in [0.1, 0.15) is 29.8 Å². The lowest BCUT2D eigenvalue weighted by Gasteiger charge is -2.36. The van der Waals surface area contributed by atoms with Crippen LogP contribution in [0.4, 0.5) is 28.7 Å². The van der Waals surface area contributed by atoms with E-state index in [1.807, 2.05) is 56.0 Å². The van der Waals surface area contributed by atoms with Crippen LogP contribution >= 0.6 is 0 Å². The monoisotopic (exact) mass is 954 g/mol. The molecule has 6 rings (SSSR count). The van der Waals surface area contributed by atoms with Crippen molar-refractivity contribution in [2.24, 2.45) is 12.5 Å². The summed E-state index contributed by atoms with van der Waals surface area (Å²) in [6.45, 7) is 13.2. The largest absolute Gasteiger partial charge is 0.494 e. The highest BCUT2D eigenvalue weighted by molar-refractivity contribution is 5.99. The molecule has 372 valence electrons. The summed E-state index contributed by atoms with van der Waals surface area (Å²) in [5, 5.41) is 35.2. The Morgan fingerprint density at radius 3 is 2.22 bits per heavy atom. The minimum Gasteiger partial charge on any atom is -0.494 e. The molecule has 0 aliphatic carbocycles. The number of rotatable bonds is 18. The highest BCUT2D eigenvalue weighted by Crippen LogP contribution is 2.37. The first-order valence-corrected chi connectivity index (χ1v) is 23.4. The van der Waals surface area contributed by atoms with E-state index in [0.29, 0.717) is 85.6 Å². The van der Waals surface area contributed by atoms with Crippen molar-refractivity contribution in [3.05, 3.63) is 54.6 Å². The van der Waals surface area contributed by atoms with Gasteiger partial charge in [0.25, 0.3) is 5.91 Å². The quantitative estimate of drug-likeness (QED) is 0.0687. The van der Waals surface area contributed by atoms with Crippen molar-refractivity contribution in [1.82, 2.24) is 50.4 Å². The van der Waals surface area contributed by atoms with Crippen LogP contribution in [0.5, 0.6) is 5.75 Å². The smallest absolute Gasteiger partial charge is 0.329 e. The number of anilines is 5. The van der Waals surface area contributed by atoms with Gasteiger partial charge in [0, 0.05) is 72.1 Å². The first kappa shape index (κ1) is 51.5. The Kier molecular flexibility index (Phi) is 16.8. The summed E-state index contributed by atoms with van der Waals surface area (Å²) in [5.74, 6) is 0.228. The van der Waals surface area contributed by atoms with Gasteiger partial charge in [-0.2, -0.15) is 5.10 Å². The van der Waals surface area contributed by atoms with E-state index in [-0.39, 0.29) is 36.9 Å². The molecule has 4 aromatic rings. The number of methoxy groups -OCH3 is 1. The molecule has 2 aliphatic heterocycles. The third kappa shape index (κ3) is 13.6. The highest BCUT2D eigenvalue weighted by Gasteiger charge is 2.46. The number of unbranched alkanes of at least 4 members (excludes halogenated alkanes) is 3. The number of likely N-dealkylation sites (tertiary alicyclic amines) is 1. The number of carbonyl (C=O) groups excluding carboxylic acids is 5. The molecule has 3 atom stereocenters. The van der Waals surface area contributed by atoms with Gasteiger partial charge < -0.3 is 50.5 Å². The van der Waals surface area contributed by atoms with Gasteiger partial charge >= 0.3 is 5.97 Å². The molecule has 2 aliphatic rings. The summed E-state index contributed by atoms with van der Waals surface area (Å²) in [5.41, 5.74) is 1.18. The van der Waals surface area contributed by atoms with Crippen molar-refractivity contribution in [3.63, 3.8) is 0 Å². The first-order valence-electron chi connectivity index (χ1n) is 23.4. The number of aliphatic hydroxyl groups excluding tert-OH is 1. The Balaban J connectivity index is 0.934. The average molecular weight is 954 g/mol. The van der Waals surface area contributed by atoms with Crippen molar-refractivity contribution in [2.75, 3.05) is 62.4 Å². The molecule has 0 bridgehead atoms. The van der Waals surface area contributed by atoms with Gasteiger partial charge in [0.05, 0.1) is 42.0 Å². The van der Waals surface area contributed by atoms with Gasteiger partial charge in [-0.1, -0.05) is 39.7 Å². The zero-order valence-corrected chi connectivity index (χ0v) is 41.2. The molecule has 2 fully saturated rings. The van der Waals surface area contributed by atoms with Crippen LogP contribution in [0, 0.1) is 5.41 Å². The van der Waals surface area contributed by atoms with Gasteiger partial charge in [0.2, 0.25) is 17.7 Å². The molecular weight excluding hydrogens is 887 g/mol. The fourth-order valence-electron chi connectivity index (χ4n) is 8.24. The second-order valence-electron chi connectivity index (χ2n) is 19.4.